The molecule has 0 aliphatic carbocycles. The van der Waals surface area contributed by atoms with Crippen molar-refractivity contribution in [3.05, 3.63) is 50.4 Å². The fourth-order valence-corrected chi connectivity index (χ4v) is 4.18. The van der Waals surface area contributed by atoms with Crippen molar-refractivity contribution in [1.82, 2.24) is 0 Å². The number of aromatic hydroxyl groups is 1. The molecule has 2 aromatic carbocycles. The lowest BCUT2D eigenvalue weighted by Gasteiger charge is -2.13. The second-order valence-electron chi connectivity index (χ2n) is 6.80. The molecule has 0 aromatic heterocycles. The molecule has 1 heterocycles. The van der Waals surface area contributed by atoms with Gasteiger partial charge in [0.15, 0.2) is 5.75 Å². The predicted octanol–water partition coefficient (Wildman–Crippen LogP) is 5.14. The molecule has 0 unspecified atom stereocenters. The van der Waals surface area contributed by atoms with Crippen LogP contribution in [0.25, 0.3) is 0 Å². The Morgan fingerprint density at radius 3 is 2.54 bits per heavy atom. The van der Waals surface area contributed by atoms with Crippen molar-refractivity contribution < 1.29 is 24.5 Å². The molecule has 0 saturated carbocycles. The highest BCUT2D eigenvalue weighted by atomic mass is 79.9. The summed E-state index contributed by atoms with van der Waals surface area (Å²) >= 11 is 6.85. The average molecular weight is 513 g/mol. The first kappa shape index (κ1) is 20.7. The Bertz CT molecular complexity index is 919. The van der Waals surface area contributed by atoms with Gasteiger partial charge in [0.2, 0.25) is 5.90 Å². The highest BCUT2D eigenvalue weighted by Crippen LogP contribution is 2.39. The molecular formula is C20H19Br2NO5. The number of carboxylic acids is 1. The van der Waals surface area contributed by atoms with Gasteiger partial charge in [0.25, 0.3) is 0 Å². The van der Waals surface area contributed by atoms with Crippen LogP contribution < -0.4 is 4.74 Å². The van der Waals surface area contributed by atoms with E-state index in [9.17, 15) is 9.90 Å². The Labute approximate surface area is 179 Å². The highest BCUT2D eigenvalue weighted by molar-refractivity contribution is 9.11. The third-order valence-electron chi connectivity index (χ3n) is 4.28. The Balaban J connectivity index is 1.88. The zero-order valence-electron chi connectivity index (χ0n) is 15.3. The second-order valence-corrected chi connectivity index (χ2v) is 8.51. The maximum Gasteiger partial charge on any atom is 0.307 e. The number of rotatable bonds is 6. The molecule has 0 fully saturated rings. The van der Waals surface area contributed by atoms with E-state index in [0.717, 1.165) is 0 Å². The minimum atomic E-state index is -0.910. The molecule has 0 bridgehead atoms. The molecule has 1 aliphatic rings. The van der Waals surface area contributed by atoms with Gasteiger partial charge in [-0.05, 0) is 73.7 Å². The van der Waals surface area contributed by atoms with Crippen LogP contribution in [0.1, 0.15) is 25.0 Å². The molecule has 6 nitrogen and oxygen atoms in total. The van der Waals surface area contributed by atoms with Gasteiger partial charge in [-0.3, -0.25) is 4.79 Å². The van der Waals surface area contributed by atoms with E-state index in [-0.39, 0.29) is 18.2 Å². The van der Waals surface area contributed by atoms with Gasteiger partial charge in [0, 0.05) is 0 Å². The highest BCUT2D eigenvalue weighted by Gasteiger charge is 2.25. The van der Waals surface area contributed by atoms with E-state index in [1.165, 1.54) is 6.07 Å². The Morgan fingerprint density at radius 1 is 1.29 bits per heavy atom. The van der Waals surface area contributed by atoms with E-state index >= 15 is 0 Å². The van der Waals surface area contributed by atoms with E-state index in [4.69, 9.17) is 14.6 Å². The second kappa shape index (κ2) is 8.53. The van der Waals surface area contributed by atoms with E-state index in [1.807, 2.05) is 0 Å². The topological polar surface area (TPSA) is 88.4 Å². The molecule has 0 saturated heterocycles. The number of aliphatic carboxylic acids is 1. The van der Waals surface area contributed by atoms with Crippen LogP contribution in [0.3, 0.4) is 0 Å². The summed E-state index contributed by atoms with van der Waals surface area (Å²) in [6.07, 6.45) is -0.0883. The molecule has 2 aromatic rings. The first-order chi connectivity index (χ1) is 13.2. The van der Waals surface area contributed by atoms with Crippen LogP contribution in [0.5, 0.6) is 17.2 Å². The van der Waals surface area contributed by atoms with Crippen LogP contribution in [-0.4, -0.2) is 34.7 Å². The van der Waals surface area contributed by atoms with Crippen LogP contribution in [0.2, 0.25) is 0 Å². The molecule has 2 N–H and O–H groups in total. The Hall–Kier alpha value is -2.06. The van der Waals surface area contributed by atoms with Crippen molar-refractivity contribution in [2.45, 2.75) is 26.3 Å². The fourth-order valence-electron chi connectivity index (χ4n) is 2.73. The fraction of sp³-hybridized carbons (Fsp3) is 0.300. The quantitative estimate of drug-likeness (QED) is 0.559. The summed E-state index contributed by atoms with van der Waals surface area (Å²) in [6, 6.07) is 8.29. The number of nitrogens with zero attached hydrogens (tertiary/aromatic N) is 1. The lowest BCUT2D eigenvalue weighted by molar-refractivity contribution is -0.136. The minimum absolute atomic E-state index is 0.0593. The first-order valence-corrected chi connectivity index (χ1v) is 10.2. The predicted molar refractivity (Wildman–Crippen MR) is 112 cm³/mol. The number of hydrogen-bond acceptors (Lipinski definition) is 5. The van der Waals surface area contributed by atoms with Crippen LogP contribution in [0, 0.1) is 5.92 Å². The molecule has 28 heavy (non-hydrogen) atoms. The molecule has 3 rings (SSSR count). The van der Waals surface area contributed by atoms with Crippen LogP contribution in [-0.2, 0) is 16.0 Å². The van der Waals surface area contributed by atoms with Crippen molar-refractivity contribution in [2.75, 3.05) is 6.61 Å². The summed E-state index contributed by atoms with van der Waals surface area (Å²) in [5, 5.41) is 19.2. The zero-order chi connectivity index (χ0) is 20.4. The van der Waals surface area contributed by atoms with Gasteiger partial charge in [0.05, 0.1) is 27.0 Å². The zero-order valence-corrected chi connectivity index (χ0v) is 18.4. The van der Waals surface area contributed by atoms with Gasteiger partial charge in [-0.2, -0.15) is 0 Å². The van der Waals surface area contributed by atoms with Gasteiger partial charge in [0.1, 0.15) is 18.1 Å². The Kier molecular flexibility index (Phi) is 6.30. The number of hydrogen-bond donors (Lipinski definition) is 2. The number of halogens is 2. The molecular weight excluding hydrogens is 494 g/mol. The molecule has 0 radical (unpaired) electrons. The Morgan fingerprint density at radius 2 is 1.96 bits per heavy atom. The van der Waals surface area contributed by atoms with Gasteiger partial charge < -0.3 is 19.7 Å². The number of carbonyl (C=O) groups is 1. The SMILES string of the molecule is CC(C)[C@@H]1COC(c2cc(Oc3c(Br)cc(CC(=O)O)cc3Br)ccc2O)=N1. The standard InChI is InChI=1S/C20H19Br2NO5/c1-10(2)16-9-27-20(23-16)13-8-12(3-4-17(13)24)28-19-14(21)5-11(6-15(19)22)7-18(25)26/h3-6,8,10,16,24H,7,9H2,1-2H3,(H,25,26)/t16-/m0/s1. The molecule has 8 heteroatoms. The number of carboxylic acid groups (broad SMARTS) is 1. The molecule has 1 atom stereocenters. The number of phenolic OH excluding ortho intramolecular Hbond substituents is 1. The van der Waals surface area contributed by atoms with Gasteiger partial charge >= 0.3 is 5.97 Å². The summed E-state index contributed by atoms with van der Waals surface area (Å²) in [4.78, 5) is 15.5. The number of phenols is 1. The smallest absolute Gasteiger partial charge is 0.307 e. The molecule has 0 spiro atoms. The number of benzene rings is 2. The van der Waals surface area contributed by atoms with Crippen LogP contribution >= 0.6 is 31.9 Å². The van der Waals surface area contributed by atoms with E-state index in [0.29, 0.717) is 50.0 Å². The maximum absolute atomic E-state index is 10.9. The number of aliphatic imine (C=N–C) groups is 1. The minimum Gasteiger partial charge on any atom is -0.507 e. The van der Waals surface area contributed by atoms with Crippen molar-refractivity contribution in [2.24, 2.45) is 10.9 Å². The molecule has 148 valence electrons. The molecule has 1 aliphatic heterocycles. The van der Waals surface area contributed by atoms with Crippen LogP contribution in [0.4, 0.5) is 0 Å². The summed E-state index contributed by atoms with van der Waals surface area (Å²) in [7, 11) is 0. The van der Waals surface area contributed by atoms with E-state index < -0.39 is 5.97 Å². The van der Waals surface area contributed by atoms with E-state index in [2.05, 4.69) is 50.7 Å². The summed E-state index contributed by atoms with van der Waals surface area (Å²) in [6.45, 7) is 4.63. The normalized spacial score (nSPS) is 16.0. The monoisotopic (exact) mass is 511 g/mol. The lowest BCUT2D eigenvalue weighted by Crippen LogP contribution is -2.13. The largest absolute Gasteiger partial charge is 0.507 e. The van der Waals surface area contributed by atoms with Gasteiger partial charge in [-0.15, -0.1) is 0 Å². The van der Waals surface area contributed by atoms with Gasteiger partial charge in [-0.1, -0.05) is 13.8 Å². The van der Waals surface area contributed by atoms with Gasteiger partial charge in [-0.25, -0.2) is 4.99 Å². The third kappa shape index (κ3) is 4.67. The van der Waals surface area contributed by atoms with Crippen LogP contribution in [0.15, 0.2) is 44.3 Å². The van der Waals surface area contributed by atoms with E-state index in [1.54, 1.807) is 24.3 Å². The van der Waals surface area contributed by atoms with Crippen molar-refractivity contribution in [1.29, 1.82) is 0 Å². The summed E-state index contributed by atoms with van der Waals surface area (Å²) in [5.74, 6) is 0.879. The average Bonchev–Trinajstić information content (AvgIpc) is 3.09. The van der Waals surface area contributed by atoms with Crippen molar-refractivity contribution >= 4 is 43.7 Å². The summed E-state index contributed by atoms with van der Waals surface area (Å²) < 4.78 is 12.9. The summed E-state index contributed by atoms with van der Waals surface area (Å²) in [5.41, 5.74) is 1.11. The first-order valence-electron chi connectivity index (χ1n) is 8.66. The third-order valence-corrected chi connectivity index (χ3v) is 5.45. The van der Waals surface area contributed by atoms with Crippen molar-refractivity contribution in [3.63, 3.8) is 0 Å². The maximum atomic E-state index is 10.9. The lowest BCUT2D eigenvalue weighted by atomic mass is 10.1. The number of ether oxygens (including phenoxy) is 2. The van der Waals surface area contributed by atoms with Crippen molar-refractivity contribution in [3.8, 4) is 17.2 Å². The molecule has 0 amide bonds.